The van der Waals surface area contributed by atoms with Crippen LogP contribution < -0.4 is 0 Å². The number of thiophene rings is 1. The van der Waals surface area contributed by atoms with Crippen molar-refractivity contribution in [1.82, 2.24) is 0 Å². The standard InChI is InChI=1S/C10H12OS/c1-2-3-4-6-9(11)10-7-5-8-12-10/h4-8H,2-3H2,1H3/b6-4+. The molecule has 1 nitrogen and oxygen atoms in total. The van der Waals surface area contributed by atoms with Gasteiger partial charge in [-0.1, -0.05) is 25.5 Å². The zero-order valence-corrected chi connectivity index (χ0v) is 7.93. The molecular formula is C10H12OS. The molecule has 0 aliphatic rings. The first-order valence-electron chi connectivity index (χ1n) is 4.09. The van der Waals surface area contributed by atoms with Crippen molar-refractivity contribution in [3.05, 3.63) is 34.5 Å². The van der Waals surface area contributed by atoms with Crippen LogP contribution in [0.15, 0.2) is 29.7 Å². The first kappa shape index (κ1) is 9.20. The molecule has 0 atom stereocenters. The van der Waals surface area contributed by atoms with Crippen LogP contribution in [0.5, 0.6) is 0 Å². The van der Waals surface area contributed by atoms with Gasteiger partial charge in [-0.05, 0) is 23.9 Å². The summed E-state index contributed by atoms with van der Waals surface area (Å²) in [6.07, 6.45) is 5.67. The molecule has 0 amide bonds. The molecule has 12 heavy (non-hydrogen) atoms. The van der Waals surface area contributed by atoms with E-state index in [0.29, 0.717) is 0 Å². The minimum atomic E-state index is 0.124. The summed E-state index contributed by atoms with van der Waals surface area (Å²) in [5.41, 5.74) is 0. The van der Waals surface area contributed by atoms with Gasteiger partial charge in [-0.25, -0.2) is 0 Å². The zero-order valence-electron chi connectivity index (χ0n) is 7.12. The third kappa shape index (κ3) is 2.62. The molecule has 0 fully saturated rings. The molecule has 0 aromatic carbocycles. The molecule has 1 heterocycles. The van der Waals surface area contributed by atoms with Crippen LogP contribution >= 0.6 is 11.3 Å². The fourth-order valence-corrected chi connectivity index (χ4v) is 1.50. The molecule has 0 radical (unpaired) electrons. The summed E-state index contributed by atoms with van der Waals surface area (Å²) >= 11 is 1.49. The van der Waals surface area contributed by atoms with E-state index < -0.39 is 0 Å². The van der Waals surface area contributed by atoms with Gasteiger partial charge < -0.3 is 0 Å². The quantitative estimate of drug-likeness (QED) is 0.513. The van der Waals surface area contributed by atoms with Crippen LogP contribution in [0.3, 0.4) is 0 Å². The van der Waals surface area contributed by atoms with Crippen LogP contribution in [0.1, 0.15) is 29.4 Å². The molecule has 1 aromatic heterocycles. The van der Waals surface area contributed by atoms with E-state index in [1.54, 1.807) is 6.08 Å². The Labute approximate surface area is 76.7 Å². The number of carbonyl (C=O) groups excluding carboxylic acids is 1. The highest BCUT2D eigenvalue weighted by atomic mass is 32.1. The second kappa shape index (κ2) is 4.88. The Morgan fingerprint density at radius 1 is 1.67 bits per heavy atom. The van der Waals surface area contributed by atoms with Crippen molar-refractivity contribution in [2.45, 2.75) is 19.8 Å². The lowest BCUT2D eigenvalue weighted by molar-refractivity contribution is 0.105. The average Bonchev–Trinajstić information content (AvgIpc) is 2.56. The second-order valence-electron chi connectivity index (χ2n) is 2.53. The van der Waals surface area contributed by atoms with E-state index in [9.17, 15) is 4.79 Å². The number of hydrogen-bond acceptors (Lipinski definition) is 2. The molecule has 0 bridgehead atoms. The SMILES string of the molecule is CCC/C=C/C(=O)c1cccs1. The van der Waals surface area contributed by atoms with Gasteiger partial charge in [0.15, 0.2) is 5.78 Å². The molecule has 0 saturated heterocycles. The molecule has 0 aliphatic carbocycles. The zero-order chi connectivity index (χ0) is 8.81. The third-order valence-electron chi connectivity index (χ3n) is 1.49. The average molecular weight is 180 g/mol. The Morgan fingerprint density at radius 3 is 3.08 bits per heavy atom. The summed E-state index contributed by atoms with van der Waals surface area (Å²) in [4.78, 5) is 12.1. The molecule has 64 valence electrons. The van der Waals surface area contributed by atoms with Gasteiger partial charge >= 0.3 is 0 Å². The first-order chi connectivity index (χ1) is 5.84. The molecule has 2 heteroatoms. The van der Waals surface area contributed by atoms with E-state index in [2.05, 4.69) is 6.92 Å². The molecule has 1 aromatic rings. The van der Waals surface area contributed by atoms with E-state index in [4.69, 9.17) is 0 Å². The summed E-state index contributed by atoms with van der Waals surface area (Å²) in [6, 6.07) is 3.74. The largest absolute Gasteiger partial charge is 0.288 e. The van der Waals surface area contributed by atoms with Crippen LogP contribution in [0.25, 0.3) is 0 Å². The lowest BCUT2D eigenvalue weighted by atomic mass is 10.2. The van der Waals surface area contributed by atoms with Gasteiger partial charge in [0.1, 0.15) is 0 Å². The lowest BCUT2D eigenvalue weighted by Crippen LogP contribution is -1.88. The Morgan fingerprint density at radius 2 is 2.50 bits per heavy atom. The number of allylic oxidation sites excluding steroid dienone is 2. The molecule has 1 rings (SSSR count). The van der Waals surface area contributed by atoms with Crippen molar-refractivity contribution < 1.29 is 4.79 Å². The summed E-state index contributed by atoms with van der Waals surface area (Å²) in [5, 5.41) is 1.92. The third-order valence-corrected chi connectivity index (χ3v) is 2.37. The topological polar surface area (TPSA) is 17.1 Å². The van der Waals surface area contributed by atoms with Crippen LogP contribution in [-0.4, -0.2) is 5.78 Å². The van der Waals surface area contributed by atoms with E-state index in [0.717, 1.165) is 17.7 Å². The smallest absolute Gasteiger partial charge is 0.195 e. The lowest BCUT2D eigenvalue weighted by Gasteiger charge is -1.87. The summed E-state index contributed by atoms with van der Waals surface area (Å²) in [6.45, 7) is 2.10. The van der Waals surface area contributed by atoms with Crippen molar-refractivity contribution >= 4 is 17.1 Å². The maximum absolute atomic E-state index is 11.3. The van der Waals surface area contributed by atoms with Crippen LogP contribution in [0.4, 0.5) is 0 Å². The second-order valence-corrected chi connectivity index (χ2v) is 3.48. The van der Waals surface area contributed by atoms with Crippen molar-refractivity contribution in [3.8, 4) is 0 Å². The Hall–Kier alpha value is -0.890. The summed E-state index contributed by atoms with van der Waals surface area (Å²) in [7, 11) is 0. The number of ketones is 1. The van der Waals surface area contributed by atoms with Gasteiger partial charge in [0.25, 0.3) is 0 Å². The minimum absolute atomic E-state index is 0.124. The normalized spacial score (nSPS) is 10.8. The van der Waals surface area contributed by atoms with Crippen LogP contribution in [-0.2, 0) is 0 Å². The van der Waals surface area contributed by atoms with Gasteiger partial charge in [0.2, 0.25) is 0 Å². The summed E-state index contributed by atoms with van der Waals surface area (Å²) in [5.74, 6) is 0.124. The van der Waals surface area contributed by atoms with Gasteiger partial charge in [-0.3, -0.25) is 4.79 Å². The van der Waals surface area contributed by atoms with Crippen molar-refractivity contribution in [2.24, 2.45) is 0 Å². The van der Waals surface area contributed by atoms with E-state index in [1.165, 1.54) is 11.3 Å². The highest BCUT2D eigenvalue weighted by Gasteiger charge is 1.99. The number of unbranched alkanes of at least 4 members (excludes halogenated alkanes) is 1. The predicted molar refractivity (Wildman–Crippen MR) is 52.7 cm³/mol. The Bertz CT molecular complexity index is 259. The van der Waals surface area contributed by atoms with Crippen LogP contribution in [0, 0.1) is 0 Å². The van der Waals surface area contributed by atoms with E-state index >= 15 is 0 Å². The number of hydrogen-bond donors (Lipinski definition) is 0. The molecule has 0 aliphatic heterocycles. The maximum atomic E-state index is 11.3. The molecule has 0 spiro atoms. The minimum Gasteiger partial charge on any atom is -0.288 e. The molecule has 0 N–H and O–H groups in total. The predicted octanol–water partition coefficient (Wildman–Crippen LogP) is 3.29. The Kier molecular flexibility index (Phi) is 3.74. The summed E-state index contributed by atoms with van der Waals surface area (Å²) < 4.78 is 0. The maximum Gasteiger partial charge on any atom is 0.195 e. The number of carbonyl (C=O) groups is 1. The highest BCUT2D eigenvalue weighted by Crippen LogP contribution is 2.09. The monoisotopic (exact) mass is 180 g/mol. The van der Waals surface area contributed by atoms with Gasteiger partial charge in [-0.15, -0.1) is 11.3 Å². The van der Waals surface area contributed by atoms with Gasteiger partial charge in [-0.2, -0.15) is 0 Å². The van der Waals surface area contributed by atoms with E-state index in [1.807, 2.05) is 23.6 Å². The van der Waals surface area contributed by atoms with Crippen LogP contribution in [0.2, 0.25) is 0 Å². The van der Waals surface area contributed by atoms with Crippen molar-refractivity contribution in [2.75, 3.05) is 0 Å². The molecule has 0 unspecified atom stereocenters. The Balaban J connectivity index is 2.50. The van der Waals surface area contributed by atoms with Crippen molar-refractivity contribution in [1.29, 1.82) is 0 Å². The van der Waals surface area contributed by atoms with Gasteiger partial charge in [0, 0.05) is 0 Å². The first-order valence-corrected chi connectivity index (χ1v) is 4.97. The van der Waals surface area contributed by atoms with E-state index in [-0.39, 0.29) is 5.78 Å². The van der Waals surface area contributed by atoms with Crippen molar-refractivity contribution in [3.63, 3.8) is 0 Å². The highest BCUT2D eigenvalue weighted by molar-refractivity contribution is 7.12. The van der Waals surface area contributed by atoms with Gasteiger partial charge in [0.05, 0.1) is 4.88 Å². The fraction of sp³-hybridized carbons (Fsp3) is 0.300. The number of rotatable bonds is 4. The fourth-order valence-electron chi connectivity index (χ4n) is 0.858. The molecule has 0 saturated carbocycles. The molecular weight excluding hydrogens is 168 g/mol.